The lowest BCUT2D eigenvalue weighted by Gasteiger charge is -2.17. The molecule has 0 bridgehead atoms. The number of nitrogens with one attached hydrogen (secondary N) is 1. The first-order chi connectivity index (χ1) is 13.8. The van der Waals surface area contributed by atoms with E-state index < -0.39 is 0 Å². The van der Waals surface area contributed by atoms with Crippen molar-refractivity contribution in [3.8, 4) is 5.75 Å². The van der Waals surface area contributed by atoms with Gasteiger partial charge in [0.2, 0.25) is 5.91 Å². The highest BCUT2D eigenvalue weighted by atomic mass is 35.5. The zero-order valence-electron chi connectivity index (χ0n) is 17.2. The Balaban J connectivity index is 1.62. The minimum atomic E-state index is -0.390. The third kappa shape index (κ3) is 5.73. The molecule has 2 aromatic carbocycles. The van der Waals surface area contributed by atoms with Gasteiger partial charge in [-0.3, -0.25) is 4.79 Å². The SMILES string of the molecule is CC(C)(C)C(=O)NCCc1nc2ccccc2n1CCCOc1ccc(Cl)cc1. The van der Waals surface area contributed by atoms with Crippen LogP contribution >= 0.6 is 11.6 Å². The zero-order valence-corrected chi connectivity index (χ0v) is 18.0. The summed E-state index contributed by atoms with van der Waals surface area (Å²) in [5, 5.41) is 3.71. The Bertz CT molecular complexity index is 958. The Morgan fingerprint density at radius 2 is 1.86 bits per heavy atom. The molecule has 3 rings (SSSR count). The number of hydrogen-bond donors (Lipinski definition) is 1. The van der Waals surface area contributed by atoms with Crippen molar-refractivity contribution in [2.45, 2.75) is 40.2 Å². The maximum absolute atomic E-state index is 12.1. The second-order valence-electron chi connectivity index (χ2n) is 8.08. The Kier molecular flexibility index (Phi) is 6.80. The number of amides is 1. The number of hydrogen-bond acceptors (Lipinski definition) is 3. The molecule has 1 heterocycles. The molecule has 6 heteroatoms. The molecule has 1 amide bonds. The normalized spacial score (nSPS) is 11.6. The molecular formula is C23H28ClN3O2. The smallest absolute Gasteiger partial charge is 0.225 e. The lowest BCUT2D eigenvalue weighted by Crippen LogP contribution is -2.36. The molecule has 0 aliphatic carbocycles. The molecule has 0 aliphatic heterocycles. The van der Waals surface area contributed by atoms with Crippen LogP contribution in [0.3, 0.4) is 0 Å². The van der Waals surface area contributed by atoms with E-state index in [1.165, 1.54) is 0 Å². The van der Waals surface area contributed by atoms with Crippen molar-refractivity contribution in [3.05, 3.63) is 59.4 Å². The summed E-state index contributed by atoms with van der Waals surface area (Å²) in [6.45, 7) is 7.72. The second-order valence-corrected chi connectivity index (χ2v) is 8.52. The zero-order chi connectivity index (χ0) is 20.9. The Morgan fingerprint density at radius 1 is 1.14 bits per heavy atom. The van der Waals surface area contributed by atoms with E-state index in [4.69, 9.17) is 21.3 Å². The fourth-order valence-electron chi connectivity index (χ4n) is 3.06. The van der Waals surface area contributed by atoms with E-state index in [9.17, 15) is 4.79 Å². The lowest BCUT2D eigenvalue weighted by atomic mass is 9.96. The van der Waals surface area contributed by atoms with Crippen LogP contribution in [0.1, 0.15) is 33.0 Å². The van der Waals surface area contributed by atoms with Gasteiger partial charge in [0.15, 0.2) is 0 Å². The summed E-state index contributed by atoms with van der Waals surface area (Å²) in [6.07, 6.45) is 1.54. The number of carbonyl (C=O) groups excluding carboxylic acids is 1. The summed E-state index contributed by atoms with van der Waals surface area (Å²) in [4.78, 5) is 16.9. The summed E-state index contributed by atoms with van der Waals surface area (Å²) >= 11 is 5.91. The monoisotopic (exact) mass is 413 g/mol. The quantitative estimate of drug-likeness (QED) is 0.536. The van der Waals surface area contributed by atoms with Gasteiger partial charge in [-0.25, -0.2) is 4.98 Å². The third-order valence-corrected chi connectivity index (χ3v) is 4.91. The molecule has 0 aliphatic rings. The van der Waals surface area contributed by atoms with Crippen LogP contribution in [0.5, 0.6) is 5.75 Å². The first-order valence-corrected chi connectivity index (χ1v) is 10.3. The molecule has 0 saturated carbocycles. The number of carbonyl (C=O) groups is 1. The molecule has 0 saturated heterocycles. The lowest BCUT2D eigenvalue weighted by molar-refractivity contribution is -0.128. The number of benzene rings is 2. The molecule has 3 aromatic rings. The molecule has 0 unspecified atom stereocenters. The largest absolute Gasteiger partial charge is 0.494 e. The predicted molar refractivity (Wildman–Crippen MR) is 117 cm³/mol. The first-order valence-electron chi connectivity index (χ1n) is 9.95. The van der Waals surface area contributed by atoms with Crippen molar-refractivity contribution in [1.29, 1.82) is 0 Å². The van der Waals surface area contributed by atoms with Gasteiger partial charge in [-0.2, -0.15) is 0 Å². The molecule has 0 spiro atoms. The van der Waals surface area contributed by atoms with Crippen LogP contribution in [0.25, 0.3) is 11.0 Å². The maximum Gasteiger partial charge on any atom is 0.225 e. The topological polar surface area (TPSA) is 56.2 Å². The number of aromatic nitrogens is 2. The van der Waals surface area contributed by atoms with Gasteiger partial charge in [-0.15, -0.1) is 0 Å². The maximum atomic E-state index is 12.1. The highest BCUT2D eigenvalue weighted by Crippen LogP contribution is 2.19. The van der Waals surface area contributed by atoms with Crippen LogP contribution in [0.4, 0.5) is 0 Å². The molecular weight excluding hydrogens is 386 g/mol. The van der Waals surface area contributed by atoms with Gasteiger partial charge >= 0.3 is 0 Å². The summed E-state index contributed by atoms with van der Waals surface area (Å²) in [7, 11) is 0. The molecule has 1 aromatic heterocycles. The molecule has 0 atom stereocenters. The van der Waals surface area contributed by atoms with Crippen molar-refractivity contribution in [3.63, 3.8) is 0 Å². The highest BCUT2D eigenvalue weighted by molar-refractivity contribution is 6.30. The number of halogens is 1. The van der Waals surface area contributed by atoms with Crippen LogP contribution in [0.2, 0.25) is 5.02 Å². The number of nitrogens with zero attached hydrogens (tertiary/aromatic N) is 2. The Hall–Kier alpha value is -2.53. The number of imidazole rings is 1. The van der Waals surface area contributed by atoms with Crippen molar-refractivity contribution < 1.29 is 9.53 Å². The van der Waals surface area contributed by atoms with Crippen LogP contribution in [0.15, 0.2) is 48.5 Å². The minimum absolute atomic E-state index is 0.0523. The van der Waals surface area contributed by atoms with Crippen molar-refractivity contribution >= 4 is 28.5 Å². The molecule has 0 fully saturated rings. The van der Waals surface area contributed by atoms with Crippen LogP contribution in [0, 0.1) is 5.41 Å². The van der Waals surface area contributed by atoms with E-state index in [2.05, 4.69) is 16.0 Å². The van der Waals surface area contributed by atoms with Crippen LogP contribution in [-0.2, 0) is 17.8 Å². The van der Waals surface area contributed by atoms with Crippen molar-refractivity contribution in [2.24, 2.45) is 5.41 Å². The van der Waals surface area contributed by atoms with E-state index in [0.717, 1.165) is 35.6 Å². The van der Waals surface area contributed by atoms with E-state index >= 15 is 0 Å². The average molecular weight is 414 g/mol. The average Bonchev–Trinajstić information content (AvgIpc) is 3.03. The number of ether oxygens (including phenoxy) is 1. The first kappa shape index (κ1) is 21.2. The van der Waals surface area contributed by atoms with Gasteiger partial charge in [0.25, 0.3) is 0 Å². The van der Waals surface area contributed by atoms with E-state index in [1.54, 1.807) is 0 Å². The second kappa shape index (κ2) is 9.31. The minimum Gasteiger partial charge on any atom is -0.494 e. The van der Waals surface area contributed by atoms with Gasteiger partial charge in [0.1, 0.15) is 11.6 Å². The molecule has 0 radical (unpaired) electrons. The summed E-state index contributed by atoms with van der Waals surface area (Å²) in [5.74, 6) is 1.85. The van der Waals surface area contributed by atoms with Gasteiger partial charge in [0, 0.05) is 29.9 Å². The number of fused-ring (bicyclic) bond motifs is 1. The summed E-state index contributed by atoms with van der Waals surface area (Å²) in [6, 6.07) is 15.5. The van der Waals surface area contributed by atoms with E-state index in [1.807, 2.05) is 63.2 Å². The Morgan fingerprint density at radius 3 is 2.59 bits per heavy atom. The number of rotatable bonds is 8. The fourth-order valence-corrected chi connectivity index (χ4v) is 3.19. The number of para-hydroxylation sites is 2. The standard InChI is InChI=1S/C23H28ClN3O2/c1-23(2,3)22(28)25-14-13-21-26-19-7-4-5-8-20(19)27(21)15-6-16-29-18-11-9-17(24)10-12-18/h4-5,7-12H,6,13-16H2,1-3H3,(H,25,28). The molecule has 154 valence electrons. The summed E-state index contributed by atoms with van der Waals surface area (Å²) in [5.41, 5.74) is 1.69. The van der Waals surface area contributed by atoms with Gasteiger partial charge in [-0.1, -0.05) is 44.5 Å². The van der Waals surface area contributed by atoms with Gasteiger partial charge in [-0.05, 0) is 42.8 Å². The van der Waals surface area contributed by atoms with Crippen molar-refractivity contribution in [1.82, 2.24) is 14.9 Å². The van der Waals surface area contributed by atoms with Crippen LogP contribution < -0.4 is 10.1 Å². The summed E-state index contributed by atoms with van der Waals surface area (Å²) < 4.78 is 8.04. The van der Waals surface area contributed by atoms with Crippen molar-refractivity contribution in [2.75, 3.05) is 13.2 Å². The predicted octanol–water partition coefficient (Wildman–Crippen LogP) is 4.86. The Labute approximate surface area is 177 Å². The molecule has 5 nitrogen and oxygen atoms in total. The molecule has 29 heavy (non-hydrogen) atoms. The van der Waals surface area contributed by atoms with E-state index in [0.29, 0.717) is 24.6 Å². The van der Waals surface area contributed by atoms with E-state index in [-0.39, 0.29) is 11.3 Å². The van der Waals surface area contributed by atoms with Gasteiger partial charge < -0.3 is 14.6 Å². The number of aryl methyl sites for hydroxylation is 1. The van der Waals surface area contributed by atoms with Gasteiger partial charge in [0.05, 0.1) is 17.6 Å². The molecule has 1 N–H and O–H groups in total. The highest BCUT2D eigenvalue weighted by Gasteiger charge is 2.20. The van der Waals surface area contributed by atoms with Crippen LogP contribution in [-0.4, -0.2) is 28.6 Å². The fraction of sp³-hybridized carbons (Fsp3) is 0.391. The third-order valence-electron chi connectivity index (χ3n) is 4.66.